The fourth-order valence-corrected chi connectivity index (χ4v) is 7.58. The van der Waals surface area contributed by atoms with E-state index in [-0.39, 0.29) is 11.6 Å². The first-order chi connectivity index (χ1) is 25.9. The molecule has 53 heavy (non-hydrogen) atoms. The lowest BCUT2D eigenvalue weighted by atomic mass is 10.1. The third kappa shape index (κ3) is 8.27. The second kappa shape index (κ2) is 16.2. The number of carbonyl (C=O) groups is 3. The number of carbonyl (C=O) groups excluding carboxylic acids is 3. The van der Waals surface area contributed by atoms with Crippen molar-refractivity contribution in [3.05, 3.63) is 179 Å². The van der Waals surface area contributed by atoms with Gasteiger partial charge in [0.2, 0.25) is 5.91 Å². The Balaban J connectivity index is 1.13. The monoisotopic (exact) mass is 778 g/mol. The Morgan fingerprint density at radius 1 is 0.698 bits per heavy atom. The molecule has 0 saturated heterocycles. The molecule has 0 fully saturated rings. The summed E-state index contributed by atoms with van der Waals surface area (Å²) in [6.07, 6.45) is 1.63. The maximum Gasteiger partial charge on any atom is 0.272 e. The van der Waals surface area contributed by atoms with Crippen molar-refractivity contribution < 1.29 is 14.4 Å². The van der Waals surface area contributed by atoms with Crippen LogP contribution in [0.2, 0.25) is 0 Å². The number of thioether (sulfide) groups is 1. The SMILES string of the molecule is CCn1c2ccccc2c2cc(NC(=O)C(Sc3cccc(NC(=O)/C(=C/c4ccc(Br)cc4)NC(=O)c4ccccc4)c3)c3ccccc3)ccc21. The van der Waals surface area contributed by atoms with Gasteiger partial charge in [0.1, 0.15) is 10.9 Å². The van der Waals surface area contributed by atoms with Gasteiger partial charge >= 0.3 is 0 Å². The number of anilines is 2. The first kappa shape index (κ1) is 35.5. The summed E-state index contributed by atoms with van der Waals surface area (Å²) in [6.45, 7) is 2.97. The predicted octanol–water partition coefficient (Wildman–Crippen LogP) is 10.5. The summed E-state index contributed by atoms with van der Waals surface area (Å²) in [6, 6.07) is 47.5. The molecular weight excluding hydrogens is 744 g/mol. The van der Waals surface area contributed by atoms with Gasteiger partial charge in [-0.15, -0.1) is 11.8 Å². The molecule has 0 spiro atoms. The Kier molecular flexibility index (Phi) is 10.8. The molecule has 0 saturated carbocycles. The molecule has 7 nitrogen and oxygen atoms in total. The van der Waals surface area contributed by atoms with Gasteiger partial charge in [0.25, 0.3) is 11.8 Å². The van der Waals surface area contributed by atoms with Crippen LogP contribution < -0.4 is 16.0 Å². The zero-order chi connectivity index (χ0) is 36.7. The van der Waals surface area contributed by atoms with Crippen LogP contribution in [0.15, 0.2) is 167 Å². The molecule has 0 aliphatic carbocycles. The molecule has 0 aliphatic rings. The number of aryl methyl sites for hydroxylation is 1. The number of fused-ring (bicyclic) bond motifs is 3. The predicted molar refractivity (Wildman–Crippen MR) is 220 cm³/mol. The molecule has 1 atom stereocenters. The van der Waals surface area contributed by atoms with Gasteiger partial charge in [-0.05, 0) is 90.9 Å². The number of hydrogen-bond acceptors (Lipinski definition) is 4. The molecule has 0 radical (unpaired) electrons. The van der Waals surface area contributed by atoms with Gasteiger partial charge in [-0.1, -0.05) is 101 Å². The second-order valence-corrected chi connectivity index (χ2v) is 14.4. The molecule has 262 valence electrons. The highest BCUT2D eigenvalue weighted by atomic mass is 79.9. The molecule has 9 heteroatoms. The Bertz CT molecular complexity index is 2460. The van der Waals surface area contributed by atoms with E-state index in [2.05, 4.69) is 61.6 Å². The minimum atomic E-state index is -0.590. The lowest BCUT2D eigenvalue weighted by molar-refractivity contribution is -0.116. The van der Waals surface area contributed by atoms with Gasteiger partial charge in [-0.2, -0.15) is 0 Å². The summed E-state index contributed by atoms with van der Waals surface area (Å²) in [7, 11) is 0. The van der Waals surface area contributed by atoms with Crippen LogP contribution in [0.3, 0.4) is 0 Å². The van der Waals surface area contributed by atoms with Crippen LogP contribution >= 0.6 is 27.7 Å². The number of nitrogens with one attached hydrogen (secondary N) is 3. The van der Waals surface area contributed by atoms with Crippen LogP contribution in [0.25, 0.3) is 27.9 Å². The molecule has 7 rings (SSSR count). The minimum absolute atomic E-state index is 0.0831. The Morgan fingerprint density at radius 3 is 2.13 bits per heavy atom. The molecule has 0 bridgehead atoms. The molecular formula is C44H35BrN4O3S. The van der Waals surface area contributed by atoms with E-state index in [4.69, 9.17) is 0 Å². The molecule has 0 aliphatic heterocycles. The van der Waals surface area contributed by atoms with Crippen LogP contribution in [0.5, 0.6) is 0 Å². The van der Waals surface area contributed by atoms with Crippen molar-refractivity contribution in [3.63, 3.8) is 0 Å². The first-order valence-electron chi connectivity index (χ1n) is 17.1. The highest BCUT2D eigenvalue weighted by Gasteiger charge is 2.23. The molecule has 3 N–H and O–H groups in total. The number of hydrogen-bond donors (Lipinski definition) is 3. The number of aromatic nitrogens is 1. The molecule has 1 unspecified atom stereocenters. The largest absolute Gasteiger partial charge is 0.341 e. The van der Waals surface area contributed by atoms with Crippen molar-refractivity contribution in [2.75, 3.05) is 10.6 Å². The highest BCUT2D eigenvalue weighted by Crippen LogP contribution is 2.38. The van der Waals surface area contributed by atoms with Gasteiger partial charge in [-0.3, -0.25) is 14.4 Å². The van der Waals surface area contributed by atoms with Crippen LogP contribution in [-0.2, 0) is 16.1 Å². The lowest BCUT2D eigenvalue weighted by Gasteiger charge is -2.18. The Morgan fingerprint density at radius 2 is 1.38 bits per heavy atom. The molecule has 1 heterocycles. The van der Waals surface area contributed by atoms with E-state index in [1.165, 1.54) is 11.8 Å². The standard InChI is InChI=1S/C44H35BrN4O3S/c1-2-49-39-19-10-9-18-36(39)37-28-34(24-25-40(37)49)47-44(52)41(30-12-5-3-6-13-30)53-35-17-11-16-33(27-35)46-43(51)38(26-29-20-22-32(45)23-21-29)48-42(50)31-14-7-4-8-15-31/h3-28,41H,2H2,1H3,(H,46,51)(H,47,52)(H,48,50)/b38-26-. The summed E-state index contributed by atoms with van der Waals surface area (Å²) >= 11 is 4.83. The summed E-state index contributed by atoms with van der Waals surface area (Å²) in [5.74, 6) is -1.06. The zero-order valence-corrected chi connectivity index (χ0v) is 31.2. The second-order valence-electron chi connectivity index (χ2n) is 12.3. The summed E-state index contributed by atoms with van der Waals surface area (Å²) in [4.78, 5) is 41.7. The van der Waals surface area contributed by atoms with E-state index in [0.29, 0.717) is 16.9 Å². The summed E-state index contributed by atoms with van der Waals surface area (Å²) in [5.41, 5.74) is 5.60. The van der Waals surface area contributed by atoms with Crippen LogP contribution in [0.1, 0.15) is 33.7 Å². The molecule has 7 aromatic rings. The smallest absolute Gasteiger partial charge is 0.272 e. The average molecular weight is 780 g/mol. The van der Waals surface area contributed by atoms with Crippen LogP contribution in [0.4, 0.5) is 11.4 Å². The minimum Gasteiger partial charge on any atom is -0.341 e. The van der Waals surface area contributed by atoms with Crippen molar-refractivity contribution in [2.45, 2.75) is 23.6 Å². The van der Waals surface area contributed by atoms with E-state index in [1.807, 2.05) is 103 Å². The molecule has 1 aromatic heterocycles. The fraction of sp³-hybridized carbons (Fsp3) is 0.0682. The van der Waals surface area contributed by atoms with Crippen molar-refractivity contribution in [2.24, 2.45) is 0 Å². The zero-order valence-electron chi connectivity index (χ0n) is 28.8. The molecule has 6 aromatic carbocycles. The van der Waals surface area contributed by atoms with E-state index in [0.717, 1.165) is 48.8 Å². The van der Waals surface area contributed by atoms with E-state index in [1.54, 1.807) is 36.4 Å². The Hall–Kier alpha value is -5.90. The van der Waals surface area contributed by atoms with Gasteiger partial charge < -0.3 is 20.5 Å². The van der Waals surface area contributed by atoms with Crippen LogP contribution in [-0.4, -0.2) is 22.3 Å². The Labute approximate surface area is 320 Å². The average Bonchev–Trinajstić information content (AvgIpc) is 3.51. The lowest BCUT2D eigenvalue weighted by Crippen LogP contribution is -2.30. The van der Waals surface area contributed by atoms with Crippen molar-refractivity contribution in [1.29, 1.82) is 0 Å². The first-order valence-corrected chi connectivity index (χ1v) is 18.8. The van der Waals surface area contributed by atoms with Gasteiger partial charge in [0.05, 0.1) is 0 Å². The maximum atomic E-state index is 14.1. The quantitative estimate of drug-likeness (QED) is 0.0901. The van der Waals surface area contributed by atoms with Gasteiger partial charge in [0, 0.05) is 54.7 Å². The number of rotatable bonds is 11. The van der Waals surface area contributed by atoms with Crippen LogP contribution in [0, 0.1) is 0 Å². The maximum absolute atomic E-state index is 14.1. The van der Waals surface area contributed by atoms with Gasteiger partial charge in [-0.25, -0.2) is 0 Å². The third-order valence-electron chi connectivity index (χ3n) is 8.75. The van der Waals surface area contributed by atoms with E-state index in [9.17, 15) is 14.4 Å². The third-order valence-corrected chi connectivity index (χ3v) is 10.5. The van der Waals surface area contributed by atoms with E-state index >= 15 is 0 Å². The number of para-hydroxylation sites is 1. The van der Waals surface area contributed by atoms with Crippen molar-refractivity contribution >= 4 is 84.7 Å². The number of benzene rings is 6. The summed E-state index contributed by atoms with van der Waals surface area (Å²) in [5, 5.41) is 10.5. The number of nitrogens with zero attached hydrogens (tertiary/aromatic N) is 1. The number of amides is 3. The fourth-order valence-electron chi connectivity index (χ4n) is 6.23. The van der Waals surface area contributed by atoms with E-state index < -0.39 is 17.1 Å². The molecule has 3 amide bonds. The van der Waals surface area contributed by atoms with Crippen molar-refractivity contribution in [3.8, 4) is 0 Å². The topological polar surface area (TPSA) is 92.2 Å². The normalized spacial score (nSPS) is 12.0. The van der Waals surface area contributed by atoms with Crippen molar-refractivity contribution in [1.82, 2.24) is 9.88 Å². The number of halogens is 1. The van der Waals surface area contributed by atoms with Gasteiger partial charge in [0.15, 0.2) is 0 Å². The summed E-state index contributed by atoms with van der Waals surface area (Å²) < 4.78 is 3.17. The highest BCUT2D eigenvalue weighted by molar-refractivity contribution is 9.10.